The van der Waals surface area contributed by atoms with Crippen molar-refractivity contribution in [1.29, 1.82) is 0 Å². The Labute approximate surface area is 126 Å². The van der Waals surface area contributed by atoms with E-state index in [9.17, 15) is 0 Å². The molecule has 2 heteroatoms. The molecule has 1 fully saturated rings. The third-order valence-electron chi connectivity index (χ3n) is 4.35. The minimum atomic E-state index is 0.295. The lowest BCUT2D eigenvalue weighted by molar-refractivity contribution is 0.305. The molecule has 2 unspecified atom stereocenters. The normalized spacial score (nSPS) is 22.0. The Hall–Kier alpha value is -1.80. The molecule has 0 aromatic heterocycles. The van der Waals surface area contributed by atoms with Crippen LogP contribution < -0.4 is 10.5 Å². The molecule has 2 atom stereocenters. The summed E-state index contributed by atoms with van der Waals surface area (Å²) in [6.07, 6.45) is 4.89. The van der Waals surface area contributed by atoms with Crippen LogP contribution in [0.3, 0.4) is 0 Å². The van der Waals surface area contributed by atoms with Gasteiger partial charge in [-0.1, -0.05) is 55.3 Å². The SMILES string of the molecule is NC1CCCCC1c1cccc(OCc2ccccc2)c1. The molecule has 0 heterocycles. The van der Waals surface area contributed by atoms with E-state index in [-0.39, 0.29) is 0 Å². The van der Waals surface area contributed by atoms with Gasteiger partial charge < -0.3 is 10.5 Å². The Balaban J connectivity index is 1.68. The third-order valence-corrected chi connectivity index (χ3v) is 4.35. The minimum absolute atomic E-state index is 0.295. The lowest BCUT2D eigenvalue weighted by Crippen LogP contribution is -2.31. The minimum Gasteiger partial charge on any atom is -0.489 e. The van der Waals surface area contributed by atoms with Crippen molar-refractivity contribution in [2.75, 3.05) is 0 Å². The zero-order valence-electron chi connectivity index (χ0n) is 12.4. The lowest BCUT2D eigenvalue weighted by atomic mass is 9.80. The van der Waals surface area contributed by atoms with Gasteiger partial charge in [-0.05, 0) is 42.0 Å². The van der Waals surface area contributed by atoms with Crippen LogP contribution in [0, 0.1) is 0 Å². The Morgan fingerprint density at radius 3 is 2.57 bits per heavy atom. The van der Waals surface area contributed by atoms with E-state index in [0.717, 1.165) is 12.2 Å². The van der Waals surface area contributed by atoms with Crippen LogP contribution in [0.5, 0.6) is 5.75 Å². The van der Waals surface area contributed by atoms with Gasteiger partial charge in [0.05, 0.1) is 0 Å². The van der Waals surface area contributed by atoms with E-state index in [1.807, 2.05) is 24.3 Å². The lowest BCUT2D eigenvalue weighted by Gasteiger charge is -2.29. The van der Waals surface area contributed by atoms with Crippen LogP contribution in [0.1, 0.15) is 42.7 Å². The van der Waals surface area contributed by atoms with E-state index >= 15 is 0 Å². The molecule has 1 saturated carbocycles. The monoisotopic (exact) mass is 281 g/mol. The van der Waals surface area contributed by atoms with Crippen molar-refractivity contribution in [3.63, 3.8) is 0 Å². The second-order valence-corrected chi connectivity index (χ2v) is 5.90. The topological polar surface area (TPSA) is 35.2 Å². The summed E-state index contributed by atoms with van der Waals surface area (Å²) in [5.74, 6) is 1.42. The zero-order valence-corrected chi connectivity index (χ0v) is 12.4. The molecule has 1 aliphatic carbocycles. The molecule has 110 valence electrons. The van der Waals surface area contributed by atoms with Crippen LogP contribution in [0.2, 0.25) is 0 Å². The first-order chi connectivity index (χ1) is 10.3. The van der Waals surface area contributed by atoms with Gasteiger partial charge in [-0.3, -0.25) is 0 Å². The summed E-state index contributed by atoms with van der Waals surface area (Å²) < 4.78 is 5.92. The van der Waals surface area contributed by atoms with Crippen molar-refractivity contribution in [2.45, 2.75) is 44.2 Å². The molecule has 1 aliphatic rings. The first-order valence-electron chi connectivity index (χ1n) is 7.85. The van der Waals surface area contributed by atoms with Gasteiger partial charge in [0.25, 0.3) is 0 Å². The molecule has 2 aromatic rings. The molecule has 2 N–H and O–H groups in total. The Morgan fingerprint density at radius 2 is 1.76 bits per heavy atom. The largest absolute Gasteiger partial charge is 0.489 e. The fraction of sp³-hybridized carbons (Fsp3) is 0.368. The van der Waals surface area contributed by atoms with Gasteiger partial charge in [0.15, 0.2) is 0 Å². The number of rotatable bonds is 4. The van der Waals surface area contributed by atoms with Gasteiger partial charge in [-0.25, -0.2) is 0 Å². The smallest absolute Gasteiger partial charge is 0.120 e. The molecule has 0 radical (unpaired) electrons. The van der Waals surface area contributed by atoms with Gasteiger partial charge in [0.1, 0.15) is 12.4 Å². The van der Waals surface area contributed by atoms with E-state index in [4.69, 9.17) is 10.5 Å². The molecule has 2 nitrogen and oxygen atoms in total. The summed E-state index contributed by atoms with van der Waals surface area (Å²) in [5.41, 5.74) is 8.80. The molecular formula is C19H23NO. The van der Waals surface area contributed by atoms with Crippen LogP contribution in [-0.4, -0.2) is 6.04 Å². The van der Waals surface area contributed by atoms with Gasteiger partial charge in [0, 0.05) is 6.04 Å². The maximum atomic E-state index is 6.29. The molecule has 2 aromatic carbocycles. The first kappa shape index (κ1) is 14.2. The van der Waals surface area contributed by atoms with E-state index in [0.29, 0.717) is 18.6 Å². The summed E-state index contributed by atoms with van der Waals surface area (Å²) in [6, 6.07) is 19.0. The van der Waals surface area contributed by atoms with Crippen molar-refractivity contribution in [3.05, 3.63) is 65.7 Å². The van der Waals surface area contributed by atoms with Crippen molar-refractivity contribution in [3.8, 4) is 5.75 Å². The Morgan fingerprint density at radius 1 is 0.952 bits per heavy atom. The predicted octanol–water partition coefficient (Wildman–Crippen LogP) is 4.25. The molecule has 3 rings (SSSR count). The van der Waals surface area contributed by atoms with Crippen LogP contribution in [-0.2, 0) is 6.61 Å². The highest BCUT2D eigenvalue weighted by Crippen LogP contribution is 2.33. The maximum absolute atomic E-state index is 6.29. The molecule has 0 spiro atoms. The quantitative estimate of drug-likeness (QED) is 0.909. The molecule has 0 amide bonds. The zero-order chi connectivity index (χ0) is 14.5. The number of hydrogen-bond acceptors (Lipinski definition) is 2. The highest BCUT2D eigenvalue weighted by Gasteiger charge is 2.23. The summed E-state index contributed by atoms with van der Waals surface area (Å²) in [7, 11) is 0. The van der Waals surface area contributed by atoms with Crippen LogP contribution >= 0.6 is 0 Å². The fourth-order valence-corrected chi connectivity index (χ4v) is 3.15. The average molecular weight is 281 g/mol. The van der Waals surface area contributed by atoms with Crippen molar-refractivity contribution in [1.82, 2.24) is 0 Å². The van der Waals surface area contributed by atoms with Crippen LogP contribution in [0.4, 0.5) is 0 Å². The van der Waals surface area contributed by atoms with E-state index in [1.54, 1.807) is 0 Å². The van der Waals surface area contributed by atoms with Gasteiger partial charge >= 0.3 is 0 Å². The van der Waals surface area contributed by atoms with Crippen molar-refractivity contribution >= 4 is 0 Å². The predicted molar refractivity (Wildman–Crippen MR) is 86.4 cm³/mol. The highest BCUT2D eigenvalue weighted by atomic mass is 16.5. The number of hydrogen-bond donors (Lipinski definition) is 1. The summed E-state index contributed by atoms with van der Waals surface area (Å²) in [4.78, 5) is 0. The number of ether oxygens (including phenoxy) is 1. The Bertz CT molecular complexity index is 567. The van der Waals surface area contributed by atoms with Gasteiger partial charge in [-0.15, -0.1) is 0 Å². The summed E-state index contributed by atoms with van der Waals surface area (Å²) in [5, 5.41) is 0. The number of nitrogens with two attached hydrogens (primary N) is 1. The Kier molecular flexibility index (Phi) is 4.56. The standard InChI is InChI=1S/C19H23NO/c20-19-12-5-4-11-18(19)16-9-6-10-17(13-16)21-14-15-7-2-1-3-8-15/h1-3,6-10,13,18-19H,4-5,11-12,14,20H2. The summed E-state index contributed by atoms with van der Waals surface area (Å²) in [6.45, 7) is 0.612. The number of benzene rings is 2. The second kappa shape index (κ2) is 6.77. The molecule has 0 aliphatic heterocycles. The second-order valence-electron chi connectivity index (χ2n) is 5.90. The van der Waals surface area contributed by atoms with Gasteiger partial charge in [-0.2, -0.15) is 0 Å². The van der Waals surface area contributed by atoms with Crippen LogP contribution in [0.15, 0.2) is 54.6 Å². The third kappa shape index (κ3) is 3.64. The van der Waals surface area contributed by atoms with Crippen molar-refractivity contribution in [2.24, 2.45) is 5.73 Å². The molecule has 0 bridgehead atoms. The van der Waals surface area contributed by atoms with Gasteiger partial charge in [0.2, 0.25) is 0 Å². The first-order valence-corrected chi connectivity index (χ1v) is 7.85. The van der Waals surface area contributed by atoms with E-state index in [2.05, 4.69) is 30.3 Å². The molecule has 0 saturated heterocycles. The highest BCUT2D eigenvalue weighted by molar-refractivity contribution is 5.32. The van der Waals surface area contributed by atoms with Crippen LogP contribution in [0.25, 0.3) is 0 Å². The summed E-state index contributed by atoms with van der Waals surface area (Å²) >= 11 is 0. The molecular weight excluding hydrogens is 258 g/mol. The fourth-order valence-electron chi connectivity index (χ4n) is 3.15. The molecule has 21 heavy (non-hydrogen) atoms. The maximum Gasteiger partial charge on any atom is 0.120 e. The van der Waals surface area contributed by atoms with E-state index in [1.165, 1.54) is 30.4 Å². The van der Waals surface area contributed by atoms with E-state index < -0.39 is 0 Å². The van der Waals surface area contributed by atoms with Crippen molar-refractivity contribution < 1.29 is 4.74 Å². The average Bonchev–Trinajstić information content (AvgIpc) is 2.55.